The molecule has 0 spiro atoms. The molecule has 1 aromatic rings. The van der Waals surface area contributed by atoms with Crippen molar-refractivity contribution in [1.82, 2.24) is 15.1 Å². The highest BCUT2D eigenvalue weighted by atomic mass is 79.9. The summed E-state index contributed by atoms with van der Waals surface area (Å²) in [6.45, 7) is 11.1. The molecule has 1 rings (SSSR count). The van der Waals surface area contributed by atoms with Gasteiger partial charge >= 0.3 is 0 Å². The van der Waals surface area contributed by atoms with E-state index in [1.807, 2.05) is 13.2 Å². The standard InChI is InChI=1S/C13H24BrN3/c1-8(2)10(5)12(15-6)13-11(14)7-16-17(13)9(3)4/h7-10,12,15H,1-6H3. The Labute approximate surface area is 113 Å². The second-order valence-electron chi connectivity index (χ2n) is 5.29. The first kappa shape index (κ1) is 14.7. The van der Waals surface area contributed by atoms with Crippen molar-refractivity contribution in [2.24, 2.45) is 11.8 Å². The van der Waals surface area contributed by atoms with Crippen molar-refractivity contribution < 1.29 is 0 Å². The highest BCUT2D eigenvalue weighted by Crippen LogP contribution is 2.33. The molecule has 2 atom stereocenters. The number of hydrogen-bond acceptors (Lipinski definition) is 2. The van der Waals surface area contributed by atoms with Crippen molar-refractivity contribution in [2.75, 3.05) is 7.05 Å². The number of aromatic nitrogens is 2. The van der Waals surface area contributed by atoms with Crippen LogP contribution in [0.3, 0.4) is 0 Å². The highest BCUT2D eigenvalue weighted by Gasteiger charge is 2.26. The average Bonchev–Trinajstić information content (AvgIpc) is 2.62. The fourth-order valence-corrected chi connectivity index (χ4v) is 2.61. The third kappa shape index (κ3) is 3.10. The number of halogens is 1. The molecule has 0 aliphatic carbocycles. The van der Waals surface area contributed by atoms with Gasteiger partial charge in [-0.25, -0.2) is 0 Å². The van der Waals surface area contributed by atoms with Gasteiger partial charge in [-0.3, -0.25) is 4.68 Å². The molecule has 0 saturated carbocycles. The Hall–Kier alpha value is -0.350. The second kappa shape index (κ2) is 6.01. The lowest BCUT2D eigenvalue weighted by atomic mass is 9.88. The van der Waals surface area contributed by atoms with Crippen LogP contribution < -0.4 is 5.32 Å². The van der Waals surface area contributed by atoms with Gasteiger partial charge in [-0.1, -0.05) is 20.8 Å². The van der Waals surface area contributed by atoms with E-state index in [2.05, 4.69) is 65.6 Å². The summed E-state index contributed by atoms with van der Waals surface area (Å²) in [4.78, 5) is 0. The molecule has 0 aliphatic heterocycles. The minimum absolute atomic E-state index is 0.328. The topological polar surface area (TPSA) is 29.9 Å². The van der Waals surface area contributed by atoms with Gasteiger partial charge in [0.2, 0.25) is 0 Å². The van der Waals surface area contributed by atoms with Crippen LogP contribution in [-0.4, -0.2) is 16.8 Å². The molecule has 98 valence electrons. The molecule has 0 fully saturated rings. The maximum atomic E-state index is 4.46. The maximum Gasteiger partial charge on any atom is 0.0701 e. The van der Waals surface area contributed by atoms with E-state index in [1.165, 1.54) is 5.69 Å². The van der Waals surface area contributed by atoms with Gasteiger partial charge in [-0.2, -0.15) is 5.10 Å². The minimum atomic E-state index is 0.328. The molecule has 0 radical (unpaired) electrons. The number of nitrogens with zero attached hydrogens (tertiary/aromatic N) is 2. The van der Waals surface area contributed by atoms with Crippen molar-refractivity contribution in [3.63, 3.8) is 0 Å². The average molecular weight is 302 g/mol. The fraction of sp³-hybridized carbons (Fsp3) is 0.769. The van der Waals surface area contributed by atoms with E-state index in [-0.39, 0.29) is 0 Å². The van der Waals surface area contributed by atoms with Crippen LogP contribution in [0.2, 0.25) is 0 Å². The lowest BCUT2D eigenvalue weighted by Gasteiger charge is -2.28. The summed E-state index contributed by atoms with van der Waals surface area (Å²) in [5.41, 5.74) is 1.25. The van der Waals surface area contributed by atoms with Gasteiger partial charge < -0.3 is 5.32 Å². The van der Waals surface area contributed by atoms with Crippen LogP contribution in [0.4, 0.5) is 0 Å². The van der Waals surface area contributed by atoms with Crippen LogP contribution in [0.5, 0.6) is 0 Å². The zero-order chi connectivity index (χ0) is 13.2. The van der Waals surface area contributed by atoms with Crippen molar-refractivity contribution in [3.05, 3.63) is 16.4 Å². The molecule has 2 unspecified atom stereocenters. The van der Waals surface area contributed by atoms with E-state index < -0.39 is 0 Å². The van der Waals surface area contributed by atoms with Gasteiger partial charge in [-0.05, 0) is 48.7 Å². The van der Waals surface area contributed by atoms with E-state index in [9.17, 15) is 0 Å². The van der Waals surface area contributed by atoms with Crippen molar-refractivity contribution in [1.29, 1.82) is 0 Å². The number of nitrogens with one attached hydrogen (secondary N) is 1. The Morgan fingerprint density at radius 1 is 1.24 bits per heavy atom. The first-order valence-corrected chi connectivity index (χ1v) is 7.09. The maximum absolute atomic E-state index is 4.46. The van der Waals surface area contributed by atoms with Crippen LogP contribution in [0.25, 0.3) is 0 Å². The highest BCUT2D eigenvalue weighted by molar-refractivity contribution is 9.10. The monoisotopic (exact) mass is 301 g/mol. The van der Waals surface area contributed by atoms with Gasteiger partial charge in [0.15, 0.2) is 0 Å². The summed E-state index contributed by atoms with van der Waals surface area (Å²) in [5, 5.41) is 7.89. The molecule has 1 heterocycles. The van der Waals surface area contributed by atoms with Crippen LogP contribution >= 0.6 is 15.9 Å². The van der Waals surface area contributed by atoms with Crippen molar-refractivity contribution in [3.8, 4) is 0 Å². The third-order valence-corrected chi connectivity index (χ3v) is 4.07. The molecule has 0 amide bonds. The predicted molar refractivity (Wildman–Crippen MR) is 76.1 cm³/mol. The number of hydrogen-bond donors (Lipinski definition) is 1. The molecule has 0 aromatic carbocycles. The lowest BCUT2D eigenvalue weighted by molar-refractivity contribution is 0.297. The van der Waals surface area contributed by atoms with Crippen molar-refractivity contribution >= 4 is 15.9 Å². The Balaban J connectivity index is 3.15. The molecule has 0 bridgehead atoms. The zero-order valence-electron chi connectivity index (χ0n) is 11.7. The molecule has 0 saturated heterocycles. The Kier molecular flexibility index (Phi) is 5.20. The first-order chi connectivity index (χ1) is 7.90. The molecule has 1 aromatic heterocycles. The summed E-state index contributed by atoms with van der Waals surface area (Å²) < 4.78 is 3.20. The first-order valence-electron chi connectivity index (χ1n) is 6.30. The van der Waals surface area contributed by atoms with Gasteiger partial charge in [0.25, 0.3) is 0 Å². The molecular weight excluding hydrogens is 278 g/mol. The Morgan fingerprint density at radius 3 is 2.24 bits per heavy atom. The molecule has 4 heteroatoms. The summed E-state index contributed by atoms with van der Waals surface area (Å²) in [6.07, 6.45) is 1.90. The van der Waals surface area contributed by atoms with Crippen LogP contribution in [-0.2, 0) is 0 Å². The van der Waals surface area contributed by atoms with E-state index >= 15 is 0 Å². The van der Waals surface area contributed by atoms with E-state index in [0.717, 1.165) is 4.47 Å². The molecule has 3 nitrogen and oxygen atoms in total. The third-order valence-electron chi connectivity index (χ3n) is 3.46. The lowest BCUT2D eigenvalue weighted by Crippen LogP contribution is -2.29. The zero-order valence-corrected chi connectivity index (χ0v) is 13.2. The van der Waals surface area contributed by atoms with Crippen LogP contribution in [0.15, 0.2) is 10.7 Å². The van der Waals surface area contributed by atoms with E-state index in [4.69, 9.17) is 0 Å². The quantitative estimate of drug-likeness (QED) is 0.897. The van der Waals surface area contributed by atoms with Gasteiger partial charge in [0.05, 0.1) is 22.4 Å². The minimum Gasteiger partial charge on any atom is -0.311 e. The Morgan fingerprint density at radius 2 is 1.82 bits per heavy atom. The van der Waals surface area contributed by atoms with Gasteiger partial charge in [0, 0.05) is 6.04 Å². The molecular formula is C13H24BrN3. The number of rotatable bonds is 5. The summed E-state index contributed by atoms with van der Waals surface area (Å²) in [7, 11) is 2.02. The summed E-state index contributed by atoms with van der Waals surface area (Å²) in [5.74, 6) is 1.19. The predicted octanol–water partition coefficient (Wildman–Crippen LogP) is 3.78. The van der Waals surface area contributed by atoms with Gasteiger partial charge in [-0.15, -0.1) is 0 Å². The Bertz CT molecular complexity index is 358. The summed E-state index contributed by atoms with van der Waals surface area (Å²) >= 11 is 3.62. The van der Waals surface area contributed by atoms with Crippen LogP contribution in [0.1, 0.15) is 52.4 Å². The van der Waals surface area contributed by atoms with E-state index in [1.54, 1.807) is 0 Å². The van der Waals surface area contributed by atoms with Crippen LogP contribution in [0, 0.1) is 11.8 Å². The second-order valence-corrected chi connectivity index (χ2v) is 6.14. The molecule has 1 N–H and O–H groups in total. The molecule has 0 aliphatic rings. The smallest absolute Gasteiger partial charge is 0.0701 e. The normalized spacial score (nSPS) is 15.6. The van der Waals surface area contributed by atoms with Gasteiger partial charge in [0.1, 0.15) is 0 Å². The molecule has 17 heavy (non-hydrogen) atoms. The van der Waals surface area contributed by atoms with Crippen molar-refractivity contribution in [2.45, 2.75) is 46.7 Å². The summed E-state index contributed by atoms with van der Waals surface area (Å²) in [6, 6.07) is 0.709. The fourth-order valence-electron chi connectivity index (χ4n) is 2.09. The largest absolute Gasteiger partial charge is 0.311 e. The van der Waals surface area contributed by atoms with E-state index in [0.29, 0.717) is 23.9 Å². The SMILES string of the molecule is CNC(c1c(Br)cnn1C(C)C)C(C)C(C)C.